The molecule has 0 aliphatic carbocycles. The van der Waals surface area contributed by atoms with Crippen molar-refractivity contribution >= 4 is 17.5 Å². The van der Waals surface area contributed by atoms with E-state index in [1.54, 1.807) is 0 Å². The number of benzene rings is 2. The molecule has 0 atom stereocenters. The second-order valence-corrected chi connectivity index (χ2v) is 5.34. The number of nitrogens with zero attached hydrogens (tertiary/aromatic N) is 1. The van der Waals surface area contributed by atoms with Crippen molar-refractivity contribution < 1.29 is 4.74 Å². The van der Waals surface area contributed by atoms with Gasteiger partial charge in [-0.15, -0.1) is 0 Å². The van der Waals surface area contributed by atoms with Crippen LogP contribution >= 0.6 is 0 Å². The molecule has 0 radical (unpaired) electrons. The van der Waals surface area contributed by atoms with Gasteiger partial charge in [0.15, 0.2) is 0 Å². The van der Waals surface area contributed by atoms with E-state index in [-0.39, 0.29) is 0 Å². The van der Waals surface area contributed by atoms with Gasteiger partial charge in [0.25, 0.3) is 0 Å². The van der Waals surface area contributed by atoms with Crippen molar-refractivity contribution in [1.82, 2.24) is 0 Å². The smallest absolute Gasteiger partial charge is 0.0642 e. The molecule has 0 unspecified atom stereocenters. The molecule has 1 aliphatic rings. The van der Waals surface area contributed by atoms with Crippen LogP contribution < -0.4 is 10.2 Å². The molecule has 0 aromatic heterocycles. The molecule has 2 aromatic carbocycles. The van der Waals surface area contributed by atoms with Gasteiger partial charge >= 0.3 is 0 Å². The summed E-state index contributed by atoms with van der Waals surface area (Å²) in [6, 6.07) is 19.0. The van der Waals surface area contributed by atoms with Crippen LogP contribution in [0.1, 0.15) is 5.56 Å². The Morgan fingerprint density at radius 1 is 0.955 bits per heavy atom. The van der Waals surface area contributed by atoms with Gasteiger partial charge in [-0.2, -0.15) is 0 Å². The number of rotatable bonds is 5. The van der Waals surface area contributed by atoms with E-state index in [4.69, 9.17) is 4.74 Å². The maximum Gasteiger partial charge on any atom is 0.0642 e. The zero-order valence-corrected chi connectivity index (χ0v) is 12.7. The lowest BCUT2D eigenvalue weighted by Gasteiger charge is -2.28. The number of hydrogen-bond acceptors (Lipinski definition) is 3. The third-order valence-corrected chi connectivity index (χ3v) is 3.78. The standard InChI is InChI=1S/C19H22N2O/c1-2-5-17(6-3-1)7-4-12-20-18-8-10-19(11-9-18)21-13-15-22-16-14-21/h1-11,20H,12-16H2. The van der Waals surface area contributed by atoms with Crippen molar-refractivity contribution in [3.63, 3.8) is 0 Å². The van der Waals surface area contributed by atoms with Crippen LogP contribution in [0.15, 0.2) is 60.7 Å². The summed E-state index contributed by atoms with van der Waals surface area (Å²) in [6.07, 6.45) is 4.28. The molecule has 1 heterocycles. The number of hydrogen-bond donors (Lipinski definition) is 1. The fourth-order valence-electron chi connectivity index (χ4n) is 2.55. The van der Waals surface area contributed by atoms with Crippen LogP contribution in [-0.2, 0) is 4.74 Å². The lowest BCUT2D eigenvalue weighted by Crippen LogP contribution is -2.36. The summed E-state index contributed by atoms with van der Waals surface area (Å²) in [5, 5.41) is 3.42. The molecule has 114 valence electrons. The molecule has 1 fully saturated rings. The highest BCUT2D eigenvalue weighted by Crippen LogP contribution is 2.18. The minimum atomic E-state index is 0.824. The lowest BCUT2D eigenvalue weighted by atomic mass is 10.2. The van der Waals surface area contributed by atoms with Gasteiger partial charge in [0.1, 0.15) is 0 Å². The maximum absolute atomic E-state index is 5.39. The van der Waals surface area contributed by atoms with Crippen molar-refractivity contribution in [2.75, 3.05) is 43.1 Å². The normalized spacial score (nSPS) is 15.2. The second-order valence-electron chi connectivity index (χ2n) is 5.34. The van der Waals surface area contributed by atoms with Crippen LogP contribution in [0.25, 0.3) is 6.08 Å². The molecule has 1 aliphatic heterocycles. The first kappa shape index (κ1) is 14.7. The highest BCUT2D eigenvalue weighted by molar-refractivity contribution is 5.56. The fourth-order valence-corrected chi connectivity index (χ4v) is 2.55. The van der Waals surface area contributed by atoms with Crippen LogP contribution in [-0.4, -0.2) is 32.8 Å². The predicted octanol–water partition coefficient (Wildman–Crippen LogP) is 3.65. The van der Waals surface area contributed by atoms with Gasteiger partial charge in [0, 0.05) is 31.0 Å². The minimum Gasteiger partial charge on any atom is -0.382 e. The van der Waals surface area contributed by atoms with Gasteiger partial charge in [0.05, 0.1) is 13.2 Å². The van der Waals surface area contributed by atoms with Gasteiger partial charge in [0.2, 0.25) is 0 Å². The quantitative estimate of drug-likeness (QED) is 0.911. The molecule has 3 rings (SSSR count). The Bertz CT molecular complexity index is 587. The van der Waals surface area contributed by atoms with Crippen LogP contribution in [0.4, 0.5) is 11.4 Å². The zero-order valence-electron chi connectivity index (χ0n) is 12.7. The van der Waals surface area contributed by atoms with Gasteiger partial charge in [-0.3, -0.25) is 0 Å². The number of anilines is 2. The van der Waals surface area contributed by atoms with Crippen molar-refractivity contribution in [2.24, 2.45) is 0 Å². The van der Waals surface area contributed by atoms with E-state index in [0.29, 0.717) is 0 Å². The summed E-state index contributed by atoms with van der Waals surface area (Å²) >= 11 is 0. The Morgan fingerprint density at radius 3 is 2.41 bits per heavy atom. The molecule has 3 nitrogen and oxygen atoms in total. The number of morpholine rings is 1. The maximum atomic E-state index is 5.39. The van der Waals surface area contributed by atoms with E-state index < -0.39 is 0 Å². The van der Waals surface area contributed by atoms with Crippen LogP contribution in [0.3, 0.4) is 0 Å². The monoisotopic (exact) mass is 294 g/mol. The summed E-state index contributed by atoms with van der Waals surface area (Å²) in [5.74, 6) is 0. The average molecular weight is 294 g/mol. The third kappa shape index (κ3) is 4.12. The highest BCUT2D eigenvalue weighted by Gasteiger charge is 2.10. The lowest BCUT2D eigenvalue weighted by molar-refractivity contribution is 0.122. The molecular formula is C19H22N2O. The van der Waals surface area contributed by atoms with Gasteiger partial charge in [-0.1, -0.05) is 42.5 Å². The molecule has 0 spiro atoms. The van der Waals surface area contributed by atoms with Gasteiger partial charge < -0.3 is 15.0 Å². The van der Waals surface area contributed by atoms with E-state index in [2.05, 4.69) is 70.9 Å². The molecule has 22 heavy (non-hydrogen) atoms. The number of nitrogens with one attached hydrogen (secondary N) is 1. The molecule has 2 aromatic rings. The van der Waals surface area contributed by atoms with Crippen molar-refractivity contribution in [2.45, 2.75) is 0 Å². The van der Waals surface area contributed by atoms with E-state index >= 15 is 0 Å². The van der Waals surface area contributed by atoms with Gasteiger partial charge in [-0.25, -0.2) is 0 Å². The molecule has 1 N–H and O–H groups in total. The van der Waals surface area contributed by atoms with E-state index in [9.17, 15) is 0 Å². The minimum absolute atomic E-state index is 0.824. The zero-order chi connectivity index (χ0) is 15.0. The Labute approximate surface area is 132 Å². The summed E-state index contributed by atoms with van der Waals surface area (Å²) in [6.45, 7) is 4.43. The second kappa shape index (κ2) is 7.66. The Morgan fingerprint density at radius 2 is 1.68 bits per heavy atom. The first-order valence-electron chi connectivity index (χ1n) is 7.80. The molecule has 0 saturated carbocycles. The molecule has 1 saturated heterocycles. The Balaban J connectivity index is 1.49. The summed E-state index contributed by atoms with van der Waals surface area (Å²) in [5.41, 5.74) is 3.65. The Kier molecular flexibility index (Phi) is 5.11. The molecule has 0 bridgehead atoms. The largest absolute Gasteiger partial charge is 0.382 e. The first-order chi connectivity index (χ1) is 10.9. The molecule has 3 heteroatoms. The van der Waals surface area contributed by atoms with E-state index in [1.165, 1.54) is 11.3 Å². The summed E-state index contributed by atoms with van der Waals surface area (Å²) in [7, 11) is 0. The number of ether oxygens (including phenoxy) is 1. The third-order valence-electron chi connectivity index (χ3n) is 3.78. The summed E-state index contributed by atoms with van der Waals surface area (Å²) < 4.78 is 5.39. The average Bonchev–Trinajstić information content (AvgIpc) is 2.61. The van der Waals surface area contributed by atoms with Crippen LogP contribution in [0, 0.1) is 0 Å². The first-order valence-corrected chi connectivity index (χ1v) is 7.80. The van der Waals surface area contributed by atoms with Crippen molar-refractivity contribution in [3.8, 4) is 0 Å². The highest BCUT2D eigenvalue weighted by atomic mass is 16.5. The molecular weight excluding hydrogens is 272 g/mol. The topological polar surface area (TPSA) is 24.5 Å². The van der Waals surface area contributed by atoms with Gasteiger partial charge in [-0.05, 0) is 29.8 Å². The Hall–Kier alpha value is -2.26. The fraction of sp³-hybridized carbons (Fsp3) is 0.263. The van der Waals surface area contributed by atoms with Crippen LogP contribution in [0.5, 0.6) is 0 Å². The predicted molar refractivity (Wildman–Crippen MR) is 93.4 cm³/mol. The SMILES string of the molecule is C(=Cc1ccccc1)CNc1ccc(N2CCOCC2)cc1. The van der Waals surface area contributed by atoms with Crippen molar-refractivity contribution in [1.29, 1.82) is 0 Å². The van der Waals surface area contributed by atoms with Crippen LogP contribution in [0.2, 0.25) is 0 Å². The van der Waals surface area contributed by atoms with E-state index in [0.717, 1.165) is 38.5 Å². The molecule has 0 amide bonds. The summed E-state index contributed by atoms with van der Waals surface area (Å²) in [4.78, 5) is 2.36. The van der Waals surface area contributed by atoms with E-state index in [1.807, 2.05) is 6.07 Å². The van der Waals surface area contributed by atoms with Crippen molar-refractivity contribution in [3.05, 3.63) is 66.2 Å².